The molecule has 3 aromatic rings. The van der Waals surface area contributed by atoms with Crippen molar-refractivity contribution in [1.82, 2.24) is 5.32 Å². The largest absolute Gasteiger partial charge is 0.489 e. The summed E-state index contributed by atoms with van der Waals surface area (Å²) in [6, 6.07) is 18.6. The van der Waals surface area contributed by atoms with Crippen LogP contribution in [0.5, 0.6) is 5.75 Å². The molecule has 168 valence electrons. The van der Waals surface area contributed by atoms with Crippen molar-refractivity contribution in [2.24, 2.45) is 0 Å². The molecule has 2 aliphatic rings. The van der Waals surface area contributed by atoms with Crippen molar-refractivity contribution in [1.29, 1.82) is 0 Å². The lowest BCUT2D eigenvalue weighted by Gasteiger charge is -2.26. The summed E-state index contributed by atoms with van der Waals surface area (Å²) in [5.41, 5.74) is 1.10. The fourth-order valence-electron chi connectivity index (χ4n) is 5.15. The first-order valence-electron chi connectivity index (χ1n) is 10.7. The standard InChI is InChI=1S/C25H22FN3O4/c1-15-22(18-6-2-5-9-21(18)33-14-16-10-12-17(26)13-11-16)23(29(31)32)25(28-15)19-7-3-4-8-20(19)27-24(25)30/h2-13,15,22-23,28H,14H2,1H3,(H,27,30)/t15-,22-,23-,25-/m0/s1. The third-order valence-electron chi connectivity index (χ3n) is 6.55. The lowest BCUT2D eigenvalue weighted by molar-refractivity contribution is -0.532. The predicted molar refractivity (Wildman–Crippen MR) is 120 cm³/mol. The first-order chi connectivity index (χ1) is 15.9. The summed E-state index contributed by atoms with van der Waals surface area (Å²) in [5.74, 6) is -0.888. The van der Waals surface area contributed by atoms with Gasteiger partial charge in [-0.2, -0.15) is 0 Å². The highest BCUT2D eigenvalue weighted by atomic mass is 19.1. The van der Waals surface area contributed by atoms with Crippen molar-refractivity contribution in [3.05, 3.63) is 105 Å². The van der Waals surface area contributed by atoms with Crippen molar-refractivity contribution in [2.45, 2.75) is 37.1 Å². The molecule has 0 saturated carbocycles. The molecule has 8 heteroatoms. The second kappa shape index (κ2) is 7.97. The lowest BCUT2D eigenvalue weighted by Crippen LogP contribution is -2.54. The van der Waals surface area contributed by atoms with Gasteiger partial charge >= 0.3 is 0 Å². The van der Waals surface area contributed by atoms with Crippen LogP contribution in [0.25, 0.3) is 0 Å². The van der Waals surface area contributed by atoms with E-state index in [0.717, 1.165) is 5.56 Å². The number of amides is 1. The van der Waals surface area contributed by atoms with Crippen molar-refractivity contribution in [3.8, 4) is 5.75 Å². The van der Waals surface area contributed by atoms with Crippen LogP contribution in [-0.2, 0) is 16.9 Å². The van der Waals surface area contributed by atoms with Gasteiger partial charge in [-0.05, 0) is 36.8 Å². The number of nitrogens with one attached hydrogen (secondary N) is 2. The van der Waals surface area contributed by atoms with Gasteiger partial charge in [-0.3, -0.25) is 20.2 Å². The van der Waals surface area contributed by atoms with Gasteiger partial charge in [0.05, 0.1) is 5.92 Å². The number of ether oxygens (including phenoxy) is 1. The fraction of sp³-hybridized carbons (Fsp3) is 0.240. The van der Waals surface area contributed by atoms with E-state index < -0.39 is 23.4 Å². The molecule has 7 nitrogen and oxygen atoms in total. The van der Waals surface area contributed by atoms with Crippen molar-refractivity contribution >= 4 is 11.6 Å². The molecule has 2 N–H and O–H groups in total. The molecule has 33 heavy (non-hydrogen) atoms. The Morgan fingerprint density at radius 3 is 2.52 bits per heavy atom. The van der Waals surface area contributed by atoms with E-state index in [1.54, 1.807) is 60.7 Å². The number of nitrogens with zero attached hydrogens (tertiary/aromatic N) is 1. The van der Waals surface area contributed by atoms with E-state index in [-0.39, 0.29) is 23.4 Å². The van der Waals surface area contributed by atoms with E-state index in [9.17, 15) is 19.3 Å². The molecule has 0 bridgehead atoms. The third kappa shape index (κ3) is 3.34. The van der Waals surface area contributed by atoms with E-state index in [1.807, 2.05) is 6.92 Å². The van der Waals surface area contributed by atoms with E-state index in [1.165, 1.54) is 12.1 Å². The van der Waals surface area contributed by atoms with Gasteiger partial charge in [-0.15, -0.1) is 0 Å². The molecule has 4 atom stereocenters. The first kappa shape index (κ1) is 21.1. The molecule has 0 unspecified atom stereocenters. The summed E-state index contributed by atoms with van der Waals surface area (Å²) in [6.07, 6.45) is 0. The molecule has 2 heterocycles. The fourth-order valence-corrected chi connectivity index (χ4v) is 5.15. The molecule has 1 saturated heterocycles. The third-order valence-corrected chi connectivity index (χ3v) is 6.55. The van der Waals surface area contributed by atoms with Crippen LogP contribution in [0, 0.1) is 15.9 Å². The number of hydrogen-bond donors (Lipinski definition) is 2. The Labute approximate surface area is 189 Å². The lowest BCUT2D eigenvalue weighted by atomic mass is 9.78. The van der Waals surface area contributed by atoms with Crippen molar-refractivity contribution in [2.75, 3.05) is 5.32 Å². The Balaban J connectivity index is 1.54. The summed E-state index contributed by atoms with van der Waals surface area (Å²) in [4.78, 5) is 25.3. The molecule has 0 aliphatic carbocycles. The van der Waals surface area contributed by atoms with Crippen LogP contribution < -0.4 is 15.4 Å². The van der Waals surface area contributed by atoms with Crippen LogP contribution in [-0.4, -0.2) is 22.9 Å². The summed E-state index contributed by atoms with van der Waals surface area (Å²) in [5, 5.41) is 18.6. The number of anilines is 1. The second-order valence-corrected chi connectivity index (χ2v) is 8.45. The molecule has 1 amide bonds. The van der Waals surface area contributed by atoms with Crippen LogP contribution in [0.4, 0.5) is 10.1 Å². The minimum atomic E-state index is -1.48. The SMILES string of the molecule is C[C@@H]1N[C@]2(C(=O)Nc3ccccc32)[C@@H]([N+](=O)[O-])[C@@H]1c1ccccc1OCc1ccc(F)cc1. The highest BCUT2D eigenvalue weighted by molar-refractivity contribution is 6.07. The molecule has 1 fully saturated rings. The van der Waals surface area contributed by atoms with Gasteiger partial charge in [0.25, 0.3) is 11.9 Å². The molecule has 2 aliphatic heterocycles. The molecule has 5 rings (SSSR count). The molecule has 0 aromatic heterocycles. The Bertz CT molecular complexity index is 1230. The van der Waals surface area contributed by atoms with E-state index in [0.29, 0.717) is 22.6 Å². The quantitative estimate of drug-likeness (QED) is 0.456. The summed E-state index contributed by atoms with van der Waals surface area (Å²) < 4.78 is 19.2. The number of benzene rings is 3. The zero-order valence-electron chi connectivity index (χ0n) is 17.8. The molecule has 3 aromatic carbocycles. The number of rotatable bonds is 5. The van der Waals surface area contributed by atoms with E-state index in [2.05, 4.69) is 10.6 Å². The molecular formula is C25H22FN3O4. The maximum absolute atomic E-state index is 13.2. The highest BCUT2D eigenvalue weighted by Gasteiger charge is 2.67. The smallest absolute Gasteiger partial charge is 0.256 e. The average molecular weight is 447 g/mol. The minimum Gasteiger partial charge on any atom is -0.489 e. The number of carbonyl (C=O) groups is 1. The van der Waals surface area contributed by atoms with Crippen LogP contribution in [0.2, 0.25) is 0 Å². The Morgan fingerprint density at radius 1 is 1.06 bits per heavy atom. The topological polar surface area (TPSA) is 93.5 Å². The number of fused-ring (bicyclic) bond motifs is 2. The maximum Gasteiger partial charge on any atom is 0.256 e. The Morgan fingerprint density at radius 2 is 1.76 bits per heavy atom. The van der Waals surface area contributed by atoms with Crippen LogP contribution in [0.1, 0.15) is 29.5 Å². The van der Waals surface area contributed by atoms with Gasteiger partial charge in [0.1, 0.15) is 18.2 Å². The molecule has 1 spiro atoms. The number of para-hydroxylation sites is 2. The van der Waals surface area contributed by atoms with E-state index in [4.69, 9.17) is 4.74 Å². The Kier molecular flexibility index (Phi) is 5.09. The monoisotopic (exact) mass is 447 g/mol. The van der Waals surface area contributed by atoms with Crippen LogP contribution in [0.3, 0.4) is 0 Å². The minimum absolute atomic E-state index is 0.184. The van der Waals surface area contributed by atoms with Crippen LogP contribution in [0.15, 0.2) is 72.8 Å². The zero-order valence-corrected chi connectivity index (χ0v) is 17.8. The predicted octanol–water partition coefficient (Wildman–Crippen LogP) is 3.97. The number of hydrogen-bond acceptors (Lipinski definition) is 5. The molecule has 0 radical (unpaired) electrons. The summed E-state index contributed by atoms with van der Waals surface area (Å²) >= 11 is 0. The zero-order chi connectivity index (χ0) is 23.2. The van der Waals surface area contributed by atoms with Gasteiger partial charge in [-0.25, -0.2) is 4.39 Å². The van der Waals surface area contributed by atoms with Gasteiger partial charge in [-0.1, -0.05) is 48.5 Å². The number of nitro groups is 1. The summed E-state index contributed by atoms with van der Waals surface area (Å²) in [6.45, 7) is 2.03. The van der Waals surface area contributed by atoms with Crippen molar-refractivity contribution < 1.29 is 18.8 Å². The maximum atomic E-state index is 13.2. The molecular weight excluding hydrogens is 425 g/mol. The van der Waals surface area contributed by atoms with Gasteiger partial charge in [0.2, 0.25) is 0 Å². The van der Waals surface area contributed by atoms with Gasteiger partial charge < -0.3 is 10.1 Å². The van der Waals surface area contributed by atoms with E-state index >= 15 is 0 Å². The first-order valence-corrected chi connectivity index (χ1v) is 10.7. The second-order valence-electron chi connectivity index (χ2n) is 8.45. The normalized spacial score (nSPS) is 25.6. The van der Waals surface area contributed by atoms with Crippen LogP contribution >= 0.6 is 0 Å². The highest BCUT2D eigenvalue weighted by Crippen LogP contribution is 2.50. The van der Waals surface area contributed by atoms with Crippen molar-refractivity contribution in [3.63, 3.8) is 0 Å². The average Bonchev–Trinajstić information content (AvgIpc) is 3.27. The number of halogens is 1. The summed E-state index contributed by atoms with van der Waals surface area (Å²) in [7, 11) is 0. The number of carbonyl (C=O) groups excluding carboxylic acids is 1. The van der Waals surface area contributed by atoms with Gasteiger partial charge in [0.15, 0.2) is 5.54 Å². The van der Waals surface area contributed by atoms with Gasteiger partial charge in [0, 0.05) is 27.8 Å². The Hall–Kier alpha value is -3.78.